The average Bonchev–Trinajstić information content (AvgIpc) is 2.55. The van der Waals surface area contributed by atoms with E-state index in [1.54, 1.807) is 65.0 Å². The number of ether oxygens (including phenoxy) is 2. The molecule has 0 unspecified atom stereocenters. The van der Waals surface area contributed by atoms with E-state index in [-0.39, 0.29) is 5.92 Å². The minimum absolute atomic E-state index is 0.211. The van der Waals surface area contributed by atoms with Crippen LogP contribution in [-0.2, 0) is 19.1 Å². The molecule has 0 fully saturated rings. The quantitative estimate of drug-likeness (QED) is 0.757. The summed E-state index contributed by atoms with van der Waals surface area (Å²) in [6, 6.07) is 6.94. The van der Waals surface area contributed by atoms with Crippen molar-refractivity contribution < 1.29 is 23.9 Å². The van der Waals surface area contributed by atoms with E-state index in [4.69, 9.17) is 9.47 Å². The van der Waals surface area contributed by atoms with E-state index in [0.29, 0.717) is 5.56 Å². The number of esters is 1. The van der Waals surface area contributed by atoms with Gasteiger partial charge in [0.2, 0.25) is 5.91 Å². The zero-order chi connectivity index (χ0) is 19.9. The van der Waals surface area contributed by atoms with Crippen LogP contribution in [0.1, 0.15) is 46.2 Å². The third-order valence-electron chi connectivity index (χ3n) is 3.48. The zero-order valence-electron chi connectivity index (χ0n) is 16.2. The molecule has 0 saturated carbocycles. The Kier molecular flexibility index (Phi) is 7.61. The maximum atomic E-state index is 12.7. The summed E-state index contributed by atoms with van der Waals surface area (Å²) in [4.78, 5) is 36.8. The van der Waals surface area contributed by atoms with E-state index in [1.165, 1.54) is 7.11 Å². The van der Waals surface area contributed by atoms with Crippen molar-refractivity contribution in [2.75, 3.05) is 7.11 Å². The molecule has 7 heteroatoms. The topological polar surface area (TPSA) is 93.7 Å². The van der Waals surface area contributed by atoms with Crippen molar-refractivity contribution in [3.63, 3.8) is 0 Å². The molecule has 0 spiro atoms. The third-order valence-corrected chi connectivity index (χ3v) is 3.48. The van der Waals surface area contributed by atoms with Crippen molar-refractivity contribution in [2.45, 2.75) is 52.3 Å². The molecule has 0 saturated heterocycles. The van der Waals surface area contributed by atoms with Crippen molar-refractivity contribution >= 4 is 18.0 Å². The van der Waals surface area contributed by atoms with Crippen LogP contribution in [-0.4, -0.2) is 36.7 Å². The first-order chi connectivity index (χ1) is 12.0. The molecule has 0 aromatic heterocycles. The Morgan fingerprint density at radius 1 is 1.00 bits per heavy atom. The van der Waals surface area contributed by atoms with Gasteiger partial charge in [0.05, 0.1) is 7.11 Å². The second kappa shape index (κ2) is 9.22. The first-order valence-corrected chi connectivity index (χ1v) is 8.48. The fraction of sp³-hybridized carbons (Fsp3) is 0.526. The largest absolute Gasteiger partial charge is 0.467 e. The van der Waals surface area contributed by atoms with E-state index in [0.717, 1.165) is 0 Å². The molecule has 0 aliphatic carbocycles. The Hall–Kier alpha value is -2.57. The third kappa shape index (κ3) is 6.74. The van der Waals surface area contributed by atoms with Gasteiger partial charge in [-0.15, -0.1) is 0 Å². The maximum Gasteiger partial charge on any atom is 0.408 e. The SMILES string of the molecule is COC(=O)[C@H](NC(=O)[C@@H](NC(=O)OC(C)(C)C)C(C)C)c1ccccc1. The van der Waals surface area contributed by atoms with Crippen molar-refractivity contribution in [2.24, 2.45) is 5.92 Å². The fourth-order valence-electron chi connectivity index (χ4n) is 2.24. The summed E-state index contributed by atoms with van der Waals surface area (Å²) in [6.07, 6.45) is -0.694. The van der Waals surface area contributed by atoms with Crippen molar-refractivity contribution in [3.05, 3.63) is 35.9 Å². The molecular weight excluding hydrogens is 336 g/mol. The Morgan fingerprint density at radius 3 is 2.04 bits per heavy atom. The molecule has 144 valence electrons. The van der Waals surface area contributed by atoms with Crippen molar-refractivity contribution in [1.82, 2.24) is 10.6 Å². The fourth-order valence-corrected chi connectivity index (χ4v) is 2.24. The number of carbonyl (C=O) groups is 3. The predicted molar refractivity (Wildman–Crippen MR) is 97.3 cm³/mol. The van der Waals surface area contributed by atoms with Gasteiger partial charge in [0.1, 0.15) is 11.6 Å². The van der Waals surface area contributed by atoms with E-state index in [2.05, 4.69) is 10.6 Å². The number of alkyl carbamates (subject to hydrolysis) is 1. The molecule has 2 N–H and O–H groups in total. The van der Waals surface area contributed by atoms with Gasteiger partial charge in [-0.25, -0.2) is 9.59 Å². The van der Waals surface area contributed by atoms with Crippen LogP contribution in [0.15, 0.2) is 30.3 Å². The van der Waals surface area contributed by atoms with Gasteiger partial charge in [0, 0.05) is 0 Å². The average molecular weight is 364 g/mol. The lowest BCUT2D eigenvalue weighted by atomic mass is 10.0. The molecular formula is C19H28N2O5. The summed E-state index contributed by atoms with van der Waals surface area (Å²) in [7, 11) is 1.25. The van der Waals surface area contributed by atoms with Gasteiger partial charge in [-0.3, -0.25) is 4.79 Å². The van der Waals surface area contributed by atoms with E-state index >= 15 is 0 Å². The molecule has 0 bridgehead atoms. The van der Waals surface area contributed by atoms with Crippen LogP contribution >= 0.6 is 0 Å². The summed E-state index contributed by atoms with van der Waals surface area (Å²) < 4.78 is 9.99. The van der Waals surface area contributed by atoms with E-state index in [9.17, 15) is 14.4 Å². The summed E-state index contributed by atoms with van der Waals surface area (Å²) >= 11 is 0. The predicted octanol–water partition coefficient (Wildman–Crippen LogP) is 2.57. The summed E-state index contributed by atoms with van der Waals surface area (Å²) in [6.45, 7) is 8.79. The number of nitrogens with one attached hydrogen (secondary N) is 2. The van der Waals surface area contributed by atoms with Crippen LogP contribution in [0, 0.1) is 5.92 Å². The highest BCUT2D eigenvalue weighted by Gasteiger charge is 2.31. The Balaban J connectivity index is 2.93. The first kappa shape index (κ1) is 21.5. The maximum absolute atomic E-state index is 12.7. The number of amides is 2. The molecule has 0 aliphatic heterocycles. The van der Waals surface area contributed by atoms with E-state index < -0.39 is 35.7 Å². The molecule has 0 heterocycles. The zero-order valence-corrected chi connectivity index (χ0v) is 16.2. The second-order valence-corrected chi connectivity index (χ2v) is 7.24. The molecule has 2 amide bonds. The number of hydrogen-bond acceptors (Lipinski definition) is 5. The van der Waals surface area contributed by atoms with Crippen molar-refractivity contribution in [3.8, 4) is 0 Å². The molecule has 1 rings (SSSR count). The molecule has 2 atom stereocenters. The van der Waals surface area contributed by atoms with Crippen LogP contribution in [0.5, 0.6) is 0 Å². The van der Waals surface area contributed by atoms with Crippen LogP contribution in [0.25, 0.3) is 0 Å². The summed E-state index contributed by atoms with van der Waals surface area (Å²) in [5, 5.41) is 5.21. The standard InChI is InChI=1S/C19H28N2O5/c1-12(2)14(21-18(24)26-19(3,4)5)16(22)20-15(17(23)25-6)13-10-8-7-9-11-13/h7-12,14-15H,1-6H3,(H,20,22)(H,21,24)/t14-,15+/m0/s1. The van der Waals surface area contributed by atoms with Gasteiger partial charge in [-0.2, -0.15) is 0 Å². The van der Waals surface area contributed by atoms with Crippen molar-refractivity contribution in [1.29, 1.82) is 0 Å². The Morgan fingerprint density at radius 2 is 1.58 bits per heavy atom. The summed E-state index contributed by atoms with van der Waals surface area (Å²) in [5.41, 5.74) is -0.0896. The second-order valence-electron chi connectivity index (χ2n) is 7.24. The highest BCUT2D eigenvalue weighted by atomic mass is 16.6. The number of benzene rings is 1. The van der Waals surface area contributed by atoms with Gasteiger partial charge < -0.3 is 20.1 Å². The Labute approximate surface area is 154 Å². The molecule has 0 aliphatic rings. The van der Waals surface area contributed by atoms with E-state index in [1.807, 2.05) is 0 Å². The minimum Gasteiger partial charge on any atom is -0.467 e. The highest BCUT2D eigenvalue weighted by Crippen LogP contribution is 2.16. The summed E-state index contributed by atoms with van der Waals surface area (Å²) in [5.74, 6) is -1.30. The smallest absolute Gasteiger partial charge is 0.408 e. The van der Waals surface area contributed by atoms with Gasteiger partial charge >= 0.3 is 12.1 Å². The van der Waals surface area contributed by atoms with Crippen LogP contribution in [0.2, 0.25) is 0 Å². The lowest BCUT2D eigenvalue weighted by molar-refractivity contribution is -0.145. The number of hydrogen-bond donors (Lipinski definition) is 2. The van der Waals surface area contributed by atoms with Crippen LogP contribution < -0.4 is 10.6 Å². The van der Waals surface area contributed by atoms with Gasteiger partial charge in [0.15, 0.2) is 6.04 Å². The lowest BCUT2D eigenvalue weighted by Crippen LogP contribution is -2.52. The molecule has 7 nitrogen and oxygen atoms in total. The minimum atomic E-state index is -0.963. The van der Waals surface area contributed by atoms with Crippen LogP contribution in [0.3, 0.4) is 0 Å². The van der Waals surface area contributed by atoms with Gasteiger partial charge in [-0.05, 0) is 32.3 Å². The lowest BCUT2D eigenvalue weighted by Gasteiger charge is -2.26. The normalized spacial score (nSPS) is 13.5. The number of methoxy groups -OCH3 is 1. The molecule has 1 aromatic carbocycles. The Bertz CT molecular complexity index is 623. The molecule has 0 radical (unpaired) electrons. The molecule has 1 aromatic rings. The highest BCUT2D eigenvalue weighted by molar-refractivity contribution is 5.90. The molecule has 26 heavy (non-hydrogen) atoms. The number of rotatable bonds is 6. The monoisotopic (exact) mass is 364 g/mol. The first-order valence-electron chi connectivity index (χ1n) is 8.48. The van der Waals surface area contributed by atoms with Gasteiger partial charge in [0.25, 0.3) is 0 Å². The van der Waals surface area contributed by atoms with Crippen LogP contribution in [0.4, 0.5) is 4.79 Å². The number of carbonyl (C=O) groups excluding carboxylic acids is 3. The van der Waals surface area contributed by atoms with Gasteiger partial charge in [-0.1, -0.05) is 44.2 Å².